The van der Waals surface area contributed by atoms with Crippen molar-refractivity contribution >= 4 is 27.9 Å². The van der Waals surface area contributed by atoms with Crippen LogP contribution in [0.4, 0.5) is 4.79 Å². The van der Waals surface area contributed by atoms with Gasteiger partial charge in [-0.15, -0.1) is 0 Å². The fourth-order valence-electron chi connectivity index (χ4n) is 2.95. The minimum atomic E-state index is -0.794. The van der Waals surface area contributed by atoms with E-state index in [4.69, 9.17) is 9.47 Å². The van der Waals surface area contributed by atoms with Crippen LogP contribution in [-0.2, 0) is 11.3 Å². The number of amides is 3. The van der Waals surface area contributed by atoms with E-state index in [1.165, 1.54) is 4.90 Å². The first kappa shape index (κ1) is 19.6. The van der Waals surface area contributed by atoms with Crippen molar-refractivity contribution in [1.82, 2.24) is 10.2 Å². The number of rotatable bonds is 8. The Hall–Kier alpha value is -1.76. The van der Waals surface area contributed by atoms with Crippen LogP contribution in [0.25, 0.3) is 0 Å². The SMILES string of the molecule is CCOc1cc(Br)c(CN2C(=O)NC(CC)(CC)C2=O)cc1OCC. The summed E-state index contributed by atoms with van der Waals surface area (Å²) in [6.07, 6.45) is 1.14. The van der Waals surface area contributed by atoms with E-state index in [2.05, 4.69) is 21.2 Å². The predicted molar refractivity (Wildman–Crippen MR) is 98.9 cm³/mol. The van der Waals surface area contributed by atoms with Gasteiger partial charge in [0.2, 0.25) is 0 Å². The first-order chi connectivity index (χ1) is 11.9. The van der Waals surface area contributed by atoms with Crippen LogP contribution in [0.3, 0.4) is 0 Å². The maximum absolute atomic E-state index is 12.8. The molecule has 0 saturated carbocycles. The summed E-state index contributed by atoms with van der Waals surface area (Å²) in [5, 5.41) is 2.84. The Morgan fingerprint density at radius 1 is 1.04 bits per heavy atom. The first-order valence-corrected chi connectivity index (χ1v) is 9.43. The highest BCUT2D eigenvalue weighted by atomic mass is 79.9. The molecule has 25 heavy (non-hydrogen) atoms. The van der Waals surface area contributed by atoms with Gasteiger partial charge in [0.25, 0.3) is 5.91 Å². The van der Waals surface area contributed by atoms with Gasteiger partial charge in [0.1, 0.15) is 5.54 Å². The number of urea groups is 1. The van der Waals surface area contributed by atoms with E-state index in [9.17, 15) is 9.59 Å². The van der Waals surface area contributed by atoms with E-state index in [1.54, 1.807) is 0 Å². The molecule has 2 rings (SSSR count). The van der Waals surface area contributed by atoms with Crippen molar-refractivity contribution in [2.75, 3.05) is 13.2 Å². The van der Waals surface area contributed by atoms with Crippen molar-refractivity contribution in [3.05, 3.63) is 22.2 Å². The highest BCUT2D eigenvalue weighted by Crippen LogP contribution is 2.35. The highest BCUT2D eigenvalue weighted by Gasteiger charge is 2.48. The Kier molecular flexibility index (Phi) is 6.32. The highest BCUT2D eigenvalue weighted by molar-refractivity contribution is 9.10. The number of hydrogen-bond donors (Lipinski definition) is 1. The number of halogens is 1. The van der Waals surface area contributed by atoms with E-state index in [-0.39, 0.29) is 18.5 Å². The second kappa shape index (κ2) is 8.08. The lowest BCUT2D eigenvalue weighted by molar-refractivity contribution is -0.132. The molecule has 1 aliphatic heterocycles. The molecule has 1 aliphatic rings. The lowest BCUT2D eigenvalue weighted by atomic mass is 9.93. The molecule has 0 radical (unpaired) electrons. The maximum atomic E-state index is 12.8. The van der Waals surface area contributed by atoms with E-state index in [1.807, 2.05) is 39.8 Å². The molecule has 7 heteroatoms. The zero-order valence-corrected chi connectivity index (χ0v) is 16.7. The minimum Gasteiger partial charge on any atom is -0.490 e. The molecule has 1 fully saturated rings. The minimum absolute atomic E-state index is 0.179. The average Bonchev–Trinajstić information content (AvgIpc) is 2.83. The van der Waals surface area contributed by atoms with Crippen molar-refractivity contribution in [2.45, 2.75) is 52.6 Å². The van der Waals surface area contributed by atoms with Crippen LogP contribution < -0.4 is 14.8 Å². The maximum Gasteiger partial charge on any atom is 0.325 e. The standard InChI is InChI=1S/C18H25BrN2O4/c1-5-18(6-2)16(22)21(17(23)20-18)11-12-9-14(24-7-3)15(25-8-4)10-13(12)19/h9-10H,5-8,11H2,1-4H3,(H,20,23). The summed E-state index contributed by atoms with van der Waals surface area (Å²) in [5.41, 5.74) is -0.00388. The number of ether oxygens (including phenoxy) is 2. The fraction of sp³-hybridized carbons (Fsp3) is 0.556. The van der Waals surface area contributed by atoms with Gasteiger partial charge in [-0.05, 0) is 44.4 Å². The van der Waals surface area contributed by atoms with Gasteiger partial charge in [-0.25, -0.2) is 4.79 Å². The Bertz CT molecular complexity index is 659. The smallest absolute Gasteiger partial charge is 0.325 e. The number of hydrogen-bond acceptors (Lipinski definition) is 4. The van der Waals surface area contributed by atoms with Crippen molar-refractivity contribution in [2.24, 2.45) is 0 Å². The van der Waals surface area contributed by atoms with Crippen LogP contribution in [0.2, 0.25) is 0 Å². The van der Waals surface area contributed by atoms with E-state index < -0.39 is 5.54 Å². The van der Waals surface area contributed by atoms with Crippen LogP contribution >= 0.6 is 15.9 Å². The molecule has 6 nitrogen and oxygen atoms in total. The van der Waals surface area contributed by atoms with Gasteiger partial charge in [-0.2, -0.15) is 0 Å². The second-order valence-corrected chi connectivity index (χ2v) is 6.72. The average molecular weight is 413 g/mol. The molecule has 0 aromatic heterocycles. The first-order valence-electron chi connectivity index (χ1n) is 8.64. The molecule has 1 heterocycles. The molecule has 138 valence electrons. The summed E-state index contributed by atoms with van der Waals surface area (Å²) in [4.78, 5) is 26.4. The number of benzene rings is 1. The molecule has 0 atom stereocenters. The number of imide groups is 1. The van der Waals surface area contributed by atoms with Crippen molar-refractivity contribution in [3.8, 4) is 11.5 Å². The number of carbonyl (C=O) groups excluding carboxylic acids is 2. The van der Waals surface area contributed by atoms with Crippen molar-refractivity contribution in [1.29, 1.82) is 0 Å². The normalized spacial score (nSPS) is 16.1. The third kappa shape index (κ3) is 3.76. The van der Waals surface area contributed by atoms with E-state index >= 15 is 0 Å². The van der Waals surface area contributed by atoms with Gasteiger partial charge in [-0.3, -0.25) is 9.69 Å². The van der Waals surface area contributed by atoms with Gasteiger partial charge in [0, 0.05) is 4.47 Å². The monoisotopic (exact) mass is 412 g/mol. The quantitative estimate of drug-likeness (QED) is 0.658. The number of carbonyl (C=O) groups is 2. The Balaban J connectivity index is 2.32. The van der Waals surface area contributed by atoms with Crippen molar-refractivity contribution < 1.29 is 19.1 Å². The molecule has 0 aliphatic carbocycles. The van der Waals surface area contributed by atoms with Gasteiger partial charge < -0.3 is 14.8 Å². The Labute approximate surface area is 157 Å². The Morgan fingerprint density at radius 2 is 1.60 bits per heavy atom. The predicted octanol–water partition coefficient (Wildman–Crippen LogP) is 3.86. The van der Waals surface area contributed by atoms with Gasteiger partial charge in [0.05, 0.1) is 19.8 Å². The summed E-state index contributed by atoms with van der Waals surface area (Å²) in [6.45, 7) is 8.81. The van der Waals surface area contributed by atoms with Gasteiger partial charge in [-0.1, -0.05) is 29.8 Å². The molecule has 0 unspecified atom stereocenters. The molecule has 1 aromatic carbocycles. The lowest BCUT2D eigenvalue weighted by Crippen LogP contribution is -2.45. The third-order valence-electron chi connectivity index (χ3n) is 4.49. The van der Waals surface area contributed by atoms with E-state index in [0.717, 1.165) is 10.0 Å². The molecule has 0 bridgehead atoms. The second-order valence-electron chi connectivity index (χ2n) is 5.87. The fourth-order valence-corrected chi connectivity index (χ4v) is 3.40. The third-order valence-corrected chi connectivity index (χ3v) is 5.23. The zero-order valence-electron chi connectivity index (χ0n) is 15.1. The summed E-state index contributed by atoms with van der Waals surface area (Å²) < 4.78 is 12.0. The van der Waals surface area contributed by atoms with Crippen LogP contribution in [0.5, 0.6) is 11.5 Å². The van der Waals surface area contributed by atoms with Crippen LogP contribution in [0, 0.1) is 0 Å². The molecule has 0 spiro atoms. The molecule has 1 N–H and O–H groups in total. The lowest BCUT2D eigenvalue weighted by Gasteiger charge is -2.23. The topological polar surface area (TPSA) is 67.9 Å². The van der Waals surface area contributed by atoms with Crippen LogP contribution in [-0.4, -0.2) is 35.6 Å². The summed E-state index contributed by atoms with van der Waals surface area (Å²) in [7, 11) is 0. The largest absolute Gasteiger partial charge is 0.490 e. The molecule has 1 aromatic rings. The summed E-state index contributed by atoms with van der Waals surface area (Å²) in [6, 6.07) is 3.28. The number of nitrogens with one attached hydrogen (secondary N) is 1. The van der Waals surface area contributed by atoms with Gasteiger partial charge >= 0.3 is 6.03 Å². The summed E-state index contributed by atoms with van der Waals surface area (Å²) >= 11 is 3.51. The summed E-state index contributed by atoms with van der Waals surface area (Å²) in [5.74, 6) is 1.06. The van der Waals surface area contributed by atoms with E-state index in [0.29, 0.717) is 37.6 Å². The Morgan fingerprint density at radius 3 is 2.08 bits per heavy atom. The zero-order chi connectivity index (χ0) is 18.6. The molecular weight excluding hydrogens is 388 g/mol. The molecule has 3 amide bonds. The van der Waals surface area contributed by atoms with Gasteiger partial charge in [0.15, 0.2) is 11.5 Å². The van der Waals surface area contributed by atoms with Crippen LogP contribution in [0.1, 0.15) is 46.1 Å². The molecule has 1 saturated heterocycles. The van der Waals surface area contributed by atoms with Crippen molar-refractivity contribution in [3.63, 3.8) is 0 Å². The van der Waals surface area contributed by atoms with Crippen LogP contribution in [0.15, 0.2) is 16.6 Å². The molecular formula is C18H25BrN2O4. The number of nitrogens with zero attached hydrogens (tertiary/aromatic N) is 1.